The fraction of sp³-hybridized carbons (Fsp3) is 0.533. The van der Waals surface area contributed by atoms with Gasteiger partial charge in [0.2, 0.25) is 5.91 Å². The maximum atomic E-state index is 12.1. The lowest BCUT2D eigenvalue weighted by molar-refractivity contribution is -0.117. The molecule has 1 fully saturated rings. The molecule has 2 rings (SSSR count). The molecule has 1 aliphatic heterocycles. The Bertz CT molecular complexity index is 461. The van der Waals surface area contributed by atoms with Crippen LogP contribution in [-0.2, 0) is 4.79 Å². The third-order valence-electron chi connectivity index (χ3n) is 3.51. The second-order valence-corrected chi connectivity index (χ2v) is 6.37. The Balaban J connectivity index is 1.90. The minimum atomic E-state index is 0.0682. The van der Waals surface area contributed by atoms with Gasteiger partial charge in [0.15, 0.2) is 0 Å². The van der Waals surface area contributed by atoms with Crippen molar-refractivity contribution in [3.63, 3.8) is 0 Å². The molecule has 0 spiro atoms. The van der Waals surface area contributed by atoms with Gasteiger partial charge in [-0.3, -0.25) is 9.69 Å². The van der Waals surface area contributed by atoms with Crippen molar-refractivity contribution in [1.29, 1.82) is 0 Å². The van der Waals surface area contributed by atoms with Crippen LogP contribution in [-0.4, -0.2) is 30.4 Å². The van der Waals surface area contributed by atoms with Gasteiger partial charge in [-0.2, -0.15) is 0 Å². The molecule has 0 radical (unpaired) electrons. The van der Waals surface area contributed by atoms with Crippen LogP contribution in [0.1, 0.15) is 25.3 Å². The molecule has 0 aromatic heterocycles. The first-order valence-electron chi connectivity index (χ1n) is 6.83. The van der Waals surface area contributed by atoms with Crippen LogP contribution < -0.4 is 5.32 Å². The van der Waals surface area contributed by atoms with Gasteiger partial charge in [0.1, 0.15) is 0 Å². The van der Waals surface area contributed by atoms with E-state index in [9.17, 15) is 4.79 Å². The standard InChI is InChI=1S/C15H21BrN2O/c1-11-5-6-14(13(16)8-11)17-15(19)10-18-7-3-4-12(2)9-18/h5-6,8,12H,3-4,7,9-10H2,1-2H3,(H,17,19)/t12-/m1/s1. The van der Waals surface area contributed by atoms with Crippen molar-refractivity contribution in [1.82, 2.24) is 4.90 Å². The van der Waals surface area contributed by atoms with E-state index in [1.807, 2.05) is 25.1 Å². The van der Waals surface area contributed by atoms with E-state index in [0.29, 0.717) is 12.5 Å². The average molecular weight is 325 g/mol. The summed E-state index contributed by atoms with van der Waals surface area (Å²) in [4.78, 5) is 14.3. The molecule has 0 unspecified atom stereocenters. The number of aryl methyl sites for hydroxylation is 1. The third kappa shape index (κ3) is 4.32. The number of likely N-dealkylation sites (tertiary alicyclic amines) is 1. The molecule has 3 nitrogen and oxygen atoms in total. The SMILES string of the molecule is Cc1ccc(NC(=O)CN2CCC[C@@H](C)C2)c(Br)c1. The van der Waals surface area contributed by atoms with Crippen molar-refractivity contribution in [3.05, 3.63) is 28.2 Å². The fourth-order valence-corrected chi connectivity index (χ4v) is 3.14. The van der Waals surface area contributed by atoms with Crippen molar-refractivity contribution in [2.75, 3.05) is 25.0 Å². The van der Waals surface area contributed by atoms with Crippen LogP contribution in [0.4, 0.5) is 5.69 Å². The summed E-state index contributed by atoms with van der Waals surface area (Å²) in [5.74, 6) is 0.770. The first-order valence-corrected chi connectivity index (χ1v) is 7.62. The second kappa shape index (κ2) is 6.53. The van der Waals surface area contributed by atoms with E-state index in [2.05, 4.69) is 33.1 Å². The summed E-state index contributed by atoms with van der Waals surface area (Å²) >= 11 is 3.48. The molecule has 1 N–H and O–H groups in total. The molecule has 4 heteroatoms. The highest BCUT2D eigenvalue weighted by Crippen LogP contribution is 2.23. The summed E-state index contributed by atoms with van der Waals surface area (Å²) in [5.41, 5.74) is 2.02. The quantitative estimate of drug-likeness (QED) is 0.923. The molecular weight excluding hydrogens is 304 g/mol. The van der Waals surface area contributed by atoms with Gasteiger partial charge in [-0.15, -0.1) is 0 Å². The number of halogens is 1. The summed E-state index contributed by atoms with van der Waals surface area (Å²) in [5, 5.41) is 2.97. The lowest BCUT2D eigenvalue weighted by Gasteiger charge is -2.30. The van der Waals surface area contributed by atoms with Gasteiger partial charge in [0.25, 0.3) is 0 Å². The minimum Gasteiger partial charge on any atom is -0.324 e. The Morgan fingerprint density at radius 2 is 2.32 bits per heavy atom. The van der Waals surface area contributed by atoms with Crippen molar-refractivity contribution >= 4 is 27.5 Å². The van der Waals surface area contributed by atoms with Gasteiger partial charge in [-0.25, -0.2) is 0 Å². The van der Waals surface area contributed by atoms with Gasteiger partial charge < -0.3 is 5.32 Å². The molecule has 1 amide bonds. The van der Waals surface area contributed by atoms with E-state index in [-0.39, 0.29) is 5.91 Å². The molecule has 0 bridgehead atoms. The number of nitrogens with one attached hydrogen (secondary N) is 1. The predicted molar refractivity (Wildman–Crippen MR) is 82.3 cm³/mol. The Hall–Kier alpha value is -0.870. The second-order valence-electron chi connectivity index (χ2n) is 5.51. The van der Waals surface area contributed by atoms with Crippen molar-refractivity contribution < 1.29 is 4.79 Å². The van der Waals surface area contributed by atoms with Gasteiger partial charge in [-0.1, -0.05) is 13.0 Å². The monoisotopic (exact) mass is 324 g/mol. The highest BCUT2D eigenvalue weighted by Gasteiger charge is 2.18. The summed E-state index contributed by atoms with van der Waals surface area (Å²) < 4.78 is 0.938. The third-order valence-corrected chi connectivity index (χ3v) is 4.16. The highest BCUT2D eigenvalue weighted by molar-refractivity contribution is 9.10. The molecule has 1 atom stereocenters. The Morgan fingerprint density at radius 1 is 1.53 bits per heavy atom. The van der Waals surface area contributed by atoms with Crippen LogP contribution in [0.15, 0.2) is 22.7 Å². The summed E-state index contributed by atoms with van der Waals surface area (Å²) in [7, 11) is 0. The van der Waals surface area contributed by atoms with Crippen LogP contribution >= 0.6 is 15.9 Å². The summed E-state index contributed by atoms with van der Waals surface area (Å²) in [6.07, 6.45) is 2.48. The molecule has 1 aromatic rings. The maximum Gasteiger partial charge on any atom is 0.238 e. The lowest BCUT2D eigenvalue weighted by Crippen LogP contribution is -2.39. The van der Waals surface area contributed by atoms with E-state index in [1.54, 1.807) is 0 Å². The molecule has 1 aromatic carbocycles. The van der Waals surface area contributed by atoms with E-state index >= 15 is 0 Å². The average Bonchev–Trinajstić information content (AvgIpc) is 2.33. The van der Waals surface area contributed by atoms with Crippen LogP contribution in [0.3, 0.4) is 0 Å². The normalized spacial score (nSPS) is 20.3. The van der Waals surface area contributed by atoms with Crippen molar-refractivity contribution in [3.8, 4) is 0 Å². The highest BCUT2D eigenvalue weighted by atomic mass is 79.9. The summed E-state index contributed by atoms with van der Waals surface area (Å²) in [6, 6.07) is 5.96. The molecule has 19 heavy (non-hydrogen) atoms. The number of amides is 1. The Labute approximate surface area is 123 Å². The summed E-state index contributed by atoms with van der Waals surface area (Å²) in [6.45, 7) is 6.84. The topological polar surface area (TPSA) is 32.3 Å². The molecule has 0 saturated carbocycles. The zero-order chi connectivity index (χ0) is 13.8. The van der Waals surface area contributed by atoms with Crippen molar-refractivity contribution in [2.24, 2.45) is 5.92 Å². The number of anilines is 1. The number of piperidine rings is 1. The lowest BCUT2D eigenvalue weighted by atomic mass is 10.0. The number of hydrogen-bond donors (Lipinski definition) is 1. The van der Waals surface area contributed by atoms with E-state index in [1.165, 1.54) is 18.4 Å². The van der Waals surface area contributed by atoms with Gasteiger partial charge in [-0.05, 0) is 65.9 Å². The molecule has 0 aliphatic carbocycles. The smallest absolute Gasteiger partial charge is 0.238 e. The first kappa shape index (κ1) is 14.5. The fourth-order valence-electron chi connectivity index (χ4n) is 2.54. The Kier molecular flexibility index (Phi) is 4.99. The molecule has 1 heterocycles. The first-order chi connectivity index (χ1) is 9.04. The molecule has 104 valence electrons. The number of carbonyl (C=O) groups is 1. The number of hydrogen-bond acceptors (Lipinski definition) is 2. The van der Waals surface area contributed by atoms with Crippen LogP contribution in [0.25, 0.3) is 0 Å². The number of rotatable bonds is 3. The maximum absolute atomic E-state index is 12.1. The number of benzene rings is 1. The van der Waals surface area contributed by atoms with E-state index in [0.717, 1.165) is 23.2 Å². The molecule has 1 saturated heterocycles. The number of nitrogens with zero attached hydrogens (tertiary/aromatic N) is 1. The minimum absolute atomic E-state index is 0.0682. The Morgan fingerprint density at radius 3 is 3.00 bits per heavy atom. The van der Waals surface area contributed by atoms with E-state index in [4.69, 9.17) is 0 Å². The number of carbonyl (C=O) groups excluding carboxylic acids is 1. The molecule has 1 aliphatic rings. The van der Waals surface area contributed by atoms with Crippen LogP contribution in [0.5, 0.6) is 0 Å². The predicted octanol–water partition coefficient (Wildman–Crippen LogP) is 3.43. The zero-order valence-electron chi connectivity index (χ0n) is 11.6. The van der Waals surface area contributed by atoms with Crippen LogP contribution in [0, 0.1) is 12.8 Å². The van der Waals surface area contributed by atoms with Gasteiger partial charge >= 0.3 is 0 Å². The van der Waals surface area contributed by atoms with Crippen molar-refractivity contribution in [2.45, 2.75) is 26.7 Å². The molecular formula is C15H21BrN2O. The van der Waals surface area contributed by atoms with Gasteiger partial charge in [0, 0.05) is 11.0 Å². The largest absolute Gasteiger partial charge is 0.324 e. The zero-order valence-corrected chi connectivity index (χ0v) is 13.2. The van der Waals surface area contributed by atoms with Gasteiger partial charge in [0.05, 0.1) is 12.2 Å². The van der Waals surface area contributed by atoms with E-state index < -0.39 is 0 Å². The van der Waals surface area contributed by atoms with Crippen LogP contribution in [0.2, 0.25) is 0 Å².